The fourth-order valence-electron chi connectivity index (χ4n) is 7.06. The molecule has 4 aromatic rings. The number of amides is 1. The normalized spacial score (nSPS) is 30.2. The summed E-state index contributed by atoms with van der Waals surface area (Å²) in [5, 5.41) is 81.0. The van der Waals surface area contributed by atoms with Gasteiger partial charge in [-0.05, 0) is 65.7 Å². The molecule has 0 saturated carbocycles. The van der Waals surface area contributed by atoms with Gasteiger partial charge in [-0.3, -0.25) is 9.59 Å². The number of ether oxygens (including phenoxy) is 4. The molecule has 60 heavy (non-hydrogen) atoms. The Kier molecular flexibility index (Phi) is 12.5. The summed E-state index contributed by atoms with van der Waals surface area (Å²) < 4.78 is 36.2. The number of carbonyl (C=O) groups excluding carboxylic acids is 2. The van der Waals surface area contributed by atoms with E-state index in [0.29, 0.717) is 16.8 Å². The minimum Gasteiger partial charge on any atom is -0.479 e. The van der Waals surface area contributed by atoms with Gasteiger partial charge < -0.3 is 64.7 Å². The standard InChI is InChI=1S/C41H38FNO16S/c42-21-12-9-18(10-13-21)25(44)17-60-36-27(43(37(36)51)22-6-2-1-3-7-22)24-14-11-20(16-26(24)57-41-33(50)29(46)31(48)35(59-41)39(54)55)19-5-4-8-23(15-19)56-40-32(49)28(45)30(47)34(58-40)38(52)53/h1-16,27-36,40-41,45-50H,17H2,(H,52,53)(H,54,55)/t27-,28+,29+,30?,31?,32?,33?,34?,35?,36-,40-,41-/m1/s1. The Bertz CT molecular complexity index is 2230. The van der Waals surface area contributed by atoms with Crippen molar-refractivity contribution >= 4 is 41.1 Å². The zero-order chi connectivity index (χ0) is 43.0. The highest BCUT2D eigenvalue weighted by Crippen LogP contribution is 2.49. The van der Waals surface area contributed by atoms with Gasteiger partial charge in [0.15, 0.2) is 18.0 Å². The number of halogens is 1. The number of hydrogen-bond acceptors (Lipinski definition) is 15. The number of para-hydroxylation sites is 1. The number of carboxylic acids is 2. The van der Waals surface area contributed by atoms with Crippen molar-refractivity contribution in [3.63, 3.8) is 0 Å². The van der Waals surface area contributed by atoms with Gasteiger partial charge in [0.1, 0.15) is 59.2 Å². The second-order valence-electron chi connectivity index (χ2n) is 14.1. The molecule has 7 rings (SSSR count). The van der Waals surface area contributed by atoms with Crippen molar-refractivity contribution in [2.45, 2.75) is 72.7 Å². The average molecular weight is 852 g/mol. The maximum atomic E-state index is 13.9. The minimum atomic E-state index is -2.02. The first-order chi connectivity index (χ1) is 28.6. The highest BCUT2D eigenvalue weighted by molar-refractivity contribution is 8.01. The Hall–Kier alpha value is -5.48. The highest BCUT2D eigenvalue weighted by Gasteiger charge is 2.52. The van der Waals surface area contributed by atoms with Crippen molar-refractivity contribution in [3.8, 4) is 22.6 Å². The molecule has 19 heteroatoms. The van der Waals surface area contributed by atoms with Crippen molar-refractivity contribution in [2.24, 2.45) is 0 Å². The molecule has 3 fully saturated rings. The number of β-lactam (4-membered cyclic amide) rings is 1. The number of ketones is 1. The molecule has 3 saturated heterocycles. The third kappa shape index (κ3) is 8.44. The number of Topliss-reactive ketones (excluding diaryl/α,β-unsaturated/α-hetero) is 1. The average Bonchev–Trinajstić information content (AvgIpc) is 3.23. The van der Waals surface area contributed by atoms with Gasteiger partial charge >= 0.3 is 11.9 Å². The number of anilines is 1. The van der Waals surface area contributed by atoms with E-state index in [0.717, 1.165) is 23.9 Å². The molecule has 17 nitrogen and oxygen atoms in total. The summed E-state index contributed by atoms with van der Waals surface area (Å²) in [4.78, 5) is 52.1. The van der Waals surface area contributed by atoms with Gasteiger partial charge in [-0.15, -0.1) is 11.8 Å². The smallest absolute Gasteiger partial charge is 0.335 e. The van der Waals surface area contributed by atoms with Crippen LogP contribution in [-0.4, -0.2) is 137 Å². The molecule has 6 unspecified atom stereocenters. The first-order valence-corrected chi connectivity index (χ1v) is 19.4. The third-order valence-electron chi connectivity index (χ3n) is 10.3. The van der Waals surface area contributed by atoms with Crippen LogP contribution < -0.4 is 14.4 Å². The number of hydrogen-bond donors (Lipinski definition) is 8. The van der Waals surface area contributed by atoms with E-state index in [9.17, 15) is 64.4 Å². The van der Waals surface area contributed by atoms with Gasteiger partial charge in [0.25, 0.3) is 0 Å². The summed E-state index contributed by atoms with van der Waals surface area (Å²) >= 11 is 1.02. The number of nitrogens with zero attached hydrogens (tertiary/aromatic N) is 1. The molecule has 8 N–H and O–H groups in total. The zero-order valence-corrected chi connectivity index (χ0v) is 31.8. The first-order valence-electron chi connectivity index (χ1n) is 18.4. The number of benzene rings is 4. The van der Waals surface area contributed by atoms with Gasteiger partial charge in [0.2, 0.25) is 18.5 Å². The first kappa shape index (κ1) is 42.6. The molecule has 3 aliphatic heterocycles. The molecule has 0 radical (unpaired) electrons. The lowest BCUT2D eigenvalue weighted by molar-refractivity contribution is -0.271. The van der Waals surface area contributed by atoms with E-state index in [-0.39, 0.29) is 40.1 Å². The van der Waals surface area contributed by atoms with Crippen LogP contribution in [0.15, 0.2) is 97.1 Å². The lowest BCUT2D eigenvalue weighted by Crippen LogP contribution is -2.61. The summed E-state index contributed by atoms with van der Waals surface area (Å²) in [5.74, 6) is -4.79. The molecule has 4 aromatic carbocycles. The molecule has 1 amide bonds. The van der Waals surface area contributed by atoms with E-state index in [4.69, 9.17) is 18.9 Å². The molecular formula is C41H38FNO16S. The number of rotatable bonds is 13. The molecule has 3 heterocycles. The Balaban J connectivity index is 1.26. The van der Waals surface area contributed by atoms with Crippen LogP contribution in [0.25, 0.3) is 11.1 Å². The second-order valence-corrected chi connectivity index (χ2v) is 15.3. The van der Waals surface area contributed by atoms with Gasteiger partial charge in [-0.25, -0.2) is 14.0 Å². The lowest BCUT2D eigenvalue weighted by atomic mass is 9.90. The molecule has 0 bridgehead atoms. The van der Waals surface area contributed by atoms with Crippen LogP contribution in [0.5, 0.6) is 11.5 Å². The number of aliphatic carboxylic acids is 2. The van der Waals surface area contributed by atoms with Crippen LogP contribution in [0.3, 0.4) is 0 Å². The van der Waals surface area contributed by atoms with Crippen LogP contribution in [0.2, 0.25) is 0 Å². The second kappa shape index (κ2) is 17.6. The summed E-state index contributed by atoms with van der Waals surface area (Å²) in [6.07, 6.45) is -19.3. The maximum Gasteiger partial charge on any atom is 0.335 e. The van der Waals surface area contributed by atoms with E-state index < -0.39 is 90.5 Å². The summed E-state index contributed by atoms with van der Waals surface area (Å²) in [5.41, 5.74) is 1.76. The Morgan fingerprint density at radius 1 is 0.667 bits per heavy atom. The number of aliphatic hydroxyl groups is 6. The number of thioether (sulfide) groups is 1. The zero-order valence-electron chi connectivity index (χ0n) is 31.0. The Morgan fingerprint density at radius 2 is 1.25 bits per heavy atom. The van der Waals surface area contributed by atoms with E-state index in [1.54, 1.807) is 48.5 Å². The number of carboxylic acid groups (broad SMARTS) is 2. The summed E-state index contributed by atoms with van der Waals surface area (Å²) in [7, 11) is 0. The van der Waals surface area contributed by atoms with Crippen LogP contribution in [-0.2, 0) is 23.9 Å². The Morgan fingerprint density at radius 3 is 1.85 bits per heavy atom. The molecule has 0 spiro atoms. The van der Waals surface area contributed by atoms with Gasteiger partial charge in [-0.1, -0.05) is 42.5 Å². The Labute approximate surface area is 343 Å². The van der Waals surface area contributed by atoms with Gasteiger partial charge in [-0.2, -0.15) is 0 Å². The summed E-state index contributed by atoms with van der Waals surface area (Å²) in [6, 6.07) is 23.3. The van der Waals surface area contributed by atoms with Crippen molar-refractivity contribution in [1.29, 1.82) is 0 Å². The van der Waals surface area contributed by atoms with Crippen LogP contribution in [0.4, 0.5) is 10.1 Å². The predicted molar refractivity (Wildman–Crippen MR) is 205 cm³/mol. The SMILES string of the molecule is O=C(CS[C@H]1C(=O)N(c2ccccc2)[C@@H]1c1ccc(-c2cccc(O[C@@H]3OC(C(=O)O)C(O)[C@H](O)C3O)c2)cc1O[C@@H]1OC(C(=O)O)C(O)[C@H](O)C1O)c1ccc(F)cc1. The third-order valence-corrected chi connectivity index (χ3v) is 11.5. The fourth-order valence-corrected chi connectivity index (χ4v) is 8.26. The highest BCUT2D eigenvalue weighted by atomic mass is 32.2. The topological polar surface area (TPSA) is 270 Å². The molecule has 316 valence electrons. The fraction of sp³-hybridized carbons (Fsp3) is 0.317. The summed E-state index contributed by atoms with van der Waals surface area (Å²) in [6.45, 7) is 0. The van der Waals surface area contributed by atoms with E-state index in [1.165, 1.54) is 41.3 Å². The van der Waals surface area contributed by atoms with E-state index in [2.05, 4.69) is 0 Å². The minimum absolute atomic E-state index is 0.0189. The largest absolute Gasteiger partial charge is 0.479 e. The van der Waals surface area contributed by atoms with E-state index in [1.807, 2.05) is 0 Å². The molecule has 12 atom stereocenters. The molecular weight excluding hydrogens is 814 g/mol. The molecule has 0 aliphatic carbocycles. The van der Waals surface area contributed by atoms with Crippen LogP contribution in [0.1, 0.15) is 22.0 Å². The number of aliphatic hydroxyl groups excluding tert-OH is 6. The van der Waals surface area contributed by atoms with Crippen molar-refractivity contribution in [2.75, 3.05) is 10.7 Å². The molecule has 3 aliphatic rings. The monoisotopic (exact) mass is 851 g/mol. The van der Waals surface area contributed by atoms with E-state index >= 15 is 0 Å². The van der Waals surface area contributed by atoms with Gasteiger partial charge in [0, 0.05) is 16.8 Å². The lowest BCUT2D eigenvalue weighted by Gasteiger charge is -2.47. The van der Waals surface area contributed by atoms with Crippen LogP contribution >= 0.6 is 11.8 Å². The van der Waals surface area contributed by atoms with Crippen molar-refractivity contribution in [1.82, 2.24) is 0 Å². The maximum absolute atomic E-state index is 13.9. The van der Waals surface area contributed by atoms with Crippen molar-refractivity contribution < 1.29 is 83.4 Å². The predicted octanol–water partition coefficient (Wildman–Crippen LogP) is 1.11. The number of carbonyl (C=O) groups is 4. The quantitative estimate of drug-likeness (QED) is 0.0691. The van der Waals surface area contributed by atoms with Crippen LogP contribution in [0, 0.1) is 5.82 Å². The van der Waals surface area contributed by atoms with Gasteiger partial charge in [0.05, 0.1) is 11.8 Å². The molecule has 0 aromatic heterocycles. The van der Waals surface area contributed by atoms with Crippen molar-refractivity contribution in [3.05, 3.63) is 114 Å².